The molecule has 0 radical (unpaired) electrons. The maximum atomic E-state index is 12.1. The molecule has 0 aliphatic carbocycles. The van der Waals surface area contributed by atoms with E-state index < -0.39 is 0 Å². The lowest BCUT2D eigenvalue weighted by Gasteiger charge is -2.38. The van der Waals surface area contributed by atoms with Gasteiger partial charge in [-0.2, -0.15) is 0 Å². The number of benzene rings is 1. The van der Waals surface area contributed by atoms with E-state index in [0.717, 1.165) is 5.75 Å². The average molecular weight is 363 g/mol. The van der Waals surface area contributed by atoms with Crippen molar-refractivity contribution in [2.24, 2.45) is 0 Å². The van der Waals surface area contributed by atoms with Crippen molar-refractivity contribution in [1.29, 1.82) is 0 Å². The Balaban J connectivity index is 1.41. The van der Waals surface area contributed by atoms with Gasteiger partial charge in [0, 0.05) is 6.20 Å². The zero-order valence-electron chi connectivity index (χ0n) is 13.9. The number of amides is 1. The van der Waals surface area contributed by atoms with Gasteiger partial charge in [0.25, 0.3) is 5.91 Å². The Morgan fingerprint density at radius 2 is 1.88 bits per heavy atom. The molecule has 1 fully saturated rings. The lowest BCUT2D eigenvalue weighted by atomic mass is 10.1. The molecule has 1 aliphatic heterocycles. The molecule has 0 bridgehead atoms. The normalized spacial score (nSPS) is 13.9. The Bertz CT molecular complexity index is 717. The van der Waals surface area contributed by atoms with Gasteiger partial charge in [0.15, 0.2) is 6.61 Å². The van der Waals surface area contributed by atoms with Crippen LogP contribution in [0.5, 0.6) is 17.4 Å². The number of carbonyl (C=O) groups excluding carboxylic acids is 1. The van der Waals surface area contributed by atoms with Gasteiger partial charge in [0.2, 0.25) is 5.88 Å². The molecule has 1 aliphatic rings. The minimum absolute atomic E-state index is 0.00888. The fourth-order valence-corrected chi connectivity index (χ4v) is 2.53. The quantitative estimate of drug-likeness (QED) is 0.758. The van der Waals surface area contributed by atoms with Crippen LogP contribution < -0.4 is 14.2 Å². The van der Waals surface area contributed by atoms with Gasteiger partial charge >= 0.3 is 0 Å². The largest absolute Gasteiger partial charge is 0.494 e. The van der Waals surface area contributed by atoms with Crippen molar-refractivity contribution in [2.75, 3.05) is 26.3 Å². The summed E-state index contributed by atoms with van der Waals surface area (Å²) >= 11 is 6.00. The minimum atomic E-state index is -0.0955. The highest BCUT2D eigenvalue weighted by atomic mass is 35.5. The van der Waals surface area contributed by atoms with Crippen LogP contribution in [0.25, 0.3) is 0 Å². The molecule has 25 heavy (non-hydrogen) atoms. The van der Waals surface area contributed by atoms with E-state index >= 15 is 0 Å². The highest BCUT2D eigenvalue weighted by Gasteiger charge is 2.33. The highest BCUT2D eigenvalue weighted by Crippen LogP contribution is 2.24. The fraction of sp³-hybridized carbons (Fsp3) is 0.333. The second-order valence-electron chi connectivity index (χ2n) is 5.52. The van der Waals surface area contributed by atoms with Crippen molar-refractivity contribution in [3.8, 4) is 17.4 Å². The third-order valence-corrected chi connectivity index (χ3v) is 3.99. The SMILES string of the molecule is CCOc1ccc(OCC(=O)N2CC(Oc3ncccc3Cl)C2)cc1. The van der Waals surface area contributed by atoms with Crippen LogP contribution in [-0.4, -0.2) is 48.2 Å². The number of aromatic nitrogens is 1. The number of hydrogen-bond donors (Lipinski definition) is 0. The Hall–Kier alpha value is -2.47. The number of pyridine rings is 1. The summed E-state index contributed by atoms with van der Waals surface area (Å²) in [7, 11) is 0. The molecule has 7 heteroatoms. The van der Waals surface area contributed by atoms with E-state index in [1.165, 1.54) is 0 Å². The van der Waals surface area contributed by atoms with Crippen LogP contribution in [0.1, 0.15) is 6.92 Å². The third kappa shape index (κ3) is 4.54. The average Bonchev–Trinajstić information content (AvgIpc) is 2.58. The van der Waals surface area contributed by atoms with Gasteiger partial charge in [-0.1, -0.05) is 11.6 Å². The summed E-state index contributed by atoms with van der Waals surface area (Å²) in [5.41, 5.74) is 0. The first-order chi connectivity index (χ1) is 12.2. The number of likely N-dealkylation sites (tertiary alicyclic amines) is 1. The predicted molar refractivity (Wildman–Crippen MR) is 93.3 cm³/mol. The van der Waals surface area contributed by atoms with Crippen LogP contribution in [0.3, 0.4) is 0 Å². The number of nitrogens with zero attached hydrogens (tertiary/aromatic N) is 2. The number of hydrogen-bond acceptors (Lipinski definition) is 5. The van der Waals surface area contributed by atoms with E-state index in [-0.39, 0.29) is 18.6 Å². The second-order valence-corrected chi connectivity index (χ2v) is 5.93. The summed E-state index contributed by atoms with van der Waals surface area (Å²) in [6, 6.07) is 10.6. The van der Waals surface area contributed by atoms with Crippen LogP contribution in [0.15, 0.2) is 42.6 Å². The van der Waals surface area contributed by atoms with Gasteiger partial charge < -0.3 is 19.1 Å². The van der Waals surface area contributed by atoms with Crippen LogP contribution >= 0.6 is 11.6 Å². The van der Waals surface area contributed by atoms with Crippen molar-refractivity contribution < 1.29 is 19.0 Å². The summed E-state index contributed by atoms with van der Waals surface area (Å²) < 4.78 is 16.5. The first-order valence-corrected chi connectivity index (χ1v) is 8.44. The molecule has 0 saturated carbocycles. The lowest BCUT2D eigenvalue weighted by molar-refractivity contribution is -0.142. The molecule has 2 aromatic rings. The molecule has 2 heterocycles. The van der Waals surface area contributed by atoms with E-state index in [0.29, 0.717) is 36.3 Å². The Kier molecular flexibility index (Phi) is 5.60. The monoisotopic (exact) mass is 362 g/mol. The molecule has 132 valence electrons. The molecule has 3 rings (SSSR count). The second kappa shape index (κ2) is 8.07. The van der Waals surface area contributed by atoms with Crippen LogP contribution in [0.2, 0.25) is 5.02 Å². The molecule has 1 saturated heterocycles. The molecule has 0 atom stereocenters. The molecule has 1 amide bonds. The smallest absolute Gasteiger partial charge is 0.260 e. The standard InChI is InChI=1S/C18H19ClN2O4/c1-2-23-13-5-7-14(8-6-13)24-12-17(22)21-10-15(11-21)25-18-16(19)4-3-9-20-18/h3-9,15H,2,10-12H2,1H3. The molecule has 6 nitrogen and oxygen atoms in total. The number of ether oxygens (including phenoxy) is 3. The Labute approximate surface area is 151 Å². The first kappa shape index (κ1) is 17.4. The molecule has 0 N–H and O–H groups in total. The van der Waals surface area contributed by atoms with Crippen molar-refractivity contribution in [2.45, 2.75) is 13.0 Å². The zero-order chi connectivity index (χ0) is 17.6. The van der Waals surface area contributed by atoms with E-state index in [1.807, 2.05) is 19.1 Å². The Morgan fingerprint density at radius 1 is 1.20 bits per heavy atom. The molecular formula is C18H19ClN2O4. The summed E-state index contributed by atoms with van der Waals surface area (Å²) in [6.07, 6.45) is 1.52. The maximum Gasteiger partial charge on any atom is 0.260 e. The van der Waals surface area contributed by atoms with E-state index in [9.17, 15) is 4.79 Å². The van der Waals surface area contributed by atoms with Crippen molar-refractivity contribution in [1.82, 2.24) is 9.88 Å². The molecule has 0 spiro atoms. The number of rotatable bonds is 7. The highest BCUT2D eigenvalue weighted by molar-refractivity contribution is 6.31. The Morgan fingerprint density at radius 3 is 2.52 bits per heavy atom. The van der Waals surface area contributed by atoms with Crippen molar-refractivity contribution in [3.05, 3.63) is 47.6 Å². The summed E-state index contributed by atoms with van der Waals surface area (Å²) in [6.45, 7) is 3.53. The number of carbonyl (C=O) groups is 1. The van der Waals surface area contributed by atoms with Crippen LogP contribution in [0, 0.1) is 0 Å². The predicted octanol–water partition coefficient (Wildman–Crippen LogP) is 2.80. The van der Waals surface area contributed by atoms with Gasteiger partial charge in [0.1, 0.15) is 22.6 Å². The van der Waals surface area contributed by atoms with Crippen LogP contribution in [0.4, 0.5) is 0 Å². The van der Waals surface area contributed by atoms with Gasteiger partial charge in [-0.25, -0.2) is 4.98 Å². The summed E-state index contributed by atoms with van der Waals surface area (Å²) in [5.74, 6) is 1.72. The fourth-order valence-electron chi connectivity index (χ4n) is 2.37. The topological polar surface area (TPSA) is 60.9 Å². The molecular weight excluding hydrogens is 344 g/mol. The van der Waals surface area contributed by atoms with Gasteiger partial charge in [0.05, 0.1) is 19.7 Å². The minimum Gasteiger partial charge on any atom is -0.494 e. The maximum absolute atomic E-state index is 12.1. The lowest BCUT2D eigenvalue weighted by Crippen LogP contribution is -2.57. The summed E-state index contributed by atoms with van der Waals surface area (Å²) in [5, 5.41) is 0.464. The third-order valence-electron chi connectivity index (χ3n) is 3.70. The first-order valence-electron chi connectivity index (χ1n) is 8.06. The molecule has 1 aromatic carbocycles. The van der Waals surface area contributed by atoms with E-state index in [4.69, 9.17) is 25.8 Å². The van der Waals surface area contributed by atoms with Gasteiger partial charge in [-0.3, -0.25) is 4.79 Å². The zero-order valence-corrected chi connectivity index (χ0v) is 14.6. The van der Waals surface area contributed by atoms with Crippen LogP contribution in [-0.2, 0) is 4.79 Å². The van der Waals surface area contributed by atoms with E-state index in [2.05, 4.69) is 4.98 Å². The van der Waals surface area contributed by atoms with E-state index in [1.54, 1.807) is 35.4 Å². The molecule has 0 unspecified atom stereocenters. The van der Waals surface area contributed by atoms with Crippen molar-refractivity contribution >= 4 is 17.5 Å². The van der Waals surface area contributed by atoms with Crippen molar-refractivity contribution in [3.63, 3.8) is 0 Å². The van der Waals surface area contributed by atoms with Gasteiger partial charge in [-0.15, -0.1) is 0 Å². The van der Waals surface area contributed by atoms with Gasteiger partial charge in [-0.05, 0) is 43.3 Å². The number of halogens is 1. The summed E-state index contributed by atoms with van der Waals surface area (Å²) in [4.78, 5) is 17.9. The molecule has 1 aromatic heterocycles.